The number of carbonyl (C=O) groups is 2. The molecule has 1 radical (unpaired) electrons. The van der Waals surface area contributed by atoms with Gasteiger partial charge in [0.05, 0.1) is 5.56 Å². The molecule has 0 aliphatic heterocycles. The highest BCUT2D eigenvalue weighted by Crippen LogP contribution is 2.07. The fourth-order valence-corrected chi connectivity index (χ4v) is 1.61. The molecule has 0 N–H and O–H groups in total. The summed E-state index contributed by atoms with van der Waals surface area (Å²) in [7, 11) is 0. The Morgan fingerprint density at radius 2 is 1.78 bits per heavy atom. The van der Waals surface area contributed by atoms with Crippen molar-refractivity contribution in [2.24, 2.45) is 0 Å². The molecule has 0 amide bonds. The van der Waals surface area contributed by atoms with Crippen LogP contribution in [-0.4, -0.2) is 11.9 Å². The summed E-state index contributed by atoms with van der Waals surface area (Å²) in [5.41, 5.74) is 0.382. The van der Waals surface area contributed by atoms with Crippen LogP contribution in [0.1, 0.15) is 55.8 Å². The lowest BCUT2D eigenvalue weighted by Gasteiger charge is -2.03. The number of rotatable bonds is 7. The van der Waals surface area contributed by atoms with E-state index in [2.05, 4.69) is 13.0 Å². The molecule has 0 aliphatic rings. The zero-order valence-electron chi connectivity index (χ0n) is 10.8. The molecule has 0 saturated heterocycles. The molecular formula is C15H19O3. The third-order valence-electron chi connectivity index (χ3n) is 2.64. The first-order valence-corrected chi connectivity index (χ1v) is 6.45. The minimum atomic E-state index is -0.581. The van der Waals surface area contributed by atoms with Crippen LogP contribution in [0, 0.1) is 6.07 Å². The van der Waals surface area contributed by atoms with Gasteiger partial charge in [0, 0.05) is 6.42 Å². The van der Waals surface area contributed by atoms with Crippen molar-refractivity contribution in [2.45, 2.75) is 45.4 Å². The van der Waals surface area contributed by atoms with Crippen LogP contribution in [0.5, 0.6) is 0 Å². The number of benzene rings is 1. The van der Waals surface area contributed by atoms with Crippen LogP contribution in [-0.2, 0) is 9.53 Å². The van der Waals surface area contributed by atoms with Gasteiger partial charge in [-0.25, -0.2) is 4.79 Å². The van der Waals surface area contributed by atoms with E-state index in [0.717, 1.165) is 19.3 Å². The van der Waals surface area contributed by atoms with Gasteiger partial charge in [-0.2, -0.15) is 0 Å². The van der Waals surface area contributed by atoms with E-state index in [1.165, 1.54) is 12.8 Å². The first-order chi connectivity index (χ1) is 8.74. The maximum absolute atomic E-state index is 11.5. The third kappa shape index (κ3) is 5.62. The molecule has 0 bridgehead atoms. The first-order valence-electron chi connectivity index (χ1n) is 6.45. The Balaban J connectivity index is 2.22. The second-order valence-electron chi connectivity index (χ2n) is 4.21. The van der Waals surface area contributed by atoms with Gasteiger partial charge in [-0.3, -0.25) is 4.79 Å². The van der Waals surface area contributed by atoms with Gasteiger partial charge in [-0.1, -0.05) is 44.7 Å². The van der Waals surface area contributed by atoms with E-state index < -0.39 is 11.9 Å². The van der Waals surface area contributed by atoms with Crippen LogP contribution >= 0.6 is 0 Å². The van der Waals surface area contributed by atoms with Crippen molar-refractivity contribution >= 4 is 11.9 Å². The smallest absolute Gasteiger partial charge is 0.345 e. The van der Waals surface area contributed by atoms with E-state index in [0.29, 0.717) is 12.0 Å². The van der Waals surface area contributed by atoms with Crippen molar-refractivity contribution in [2.75, 3.05) is 0 Å². The van der Waals surface area contributed by atoms with Crippen LogP contribution < -0.4 is 0 Å². The van der Waals surface area contributed by atoms with Gasteiger partial charge in [0.15, 0.2) is 0 Å². The quantitative estimate of drug-likeness (QED) is 0.420. The Morgan fingerprint density at radius 1 is 1.11 bits per heavy atom. The summed E-state index contributed by atoms with van der Waals surface area (Å²) in [6.45, 7) is 2.14. The fourth-order valence-electron chi connectivity index (χ4n) is 1.61. The average Bonchev–Trinajstić information content (AvgIpc) is 2.39. The van der Waals surface area contributed by atoms with Crippen LogP contribution in [0.25, 0.3) is 0 Å². The monoisotopic (exact) mass is 247 g/mol. The Morgan fingerprint density at radius 3 is 2.44 bits per heavy atom. The van der Waals surface area contributed by atoms with Crippen LogP contribution in [0.3, 0.4) is 0 Å². The summed E-state index contributed by atoms with van der Waals surface area (Å²) >= 11 is 0. The molecule has 3 nitrogen and oxygen atoms in total. The predicted octanol–water partition coefficient (Wildman–Crippen LogP) is 3.53. The molecule has 0 aromatic heterocycles. The Kier molecular flexibility index (Phi) is 6.77. The normalized spacial score (nSPS) is 10.1. The predicted molar refractivity (Wildman–Crippen MR) is 69.1 cm³/mol. The van der Waals surface area contributed by atoms with E-state index >= 15 is 0 Å². The molecule has 0 aliphatic carbocycles. The zero-order valence-corrected chi connectivity index (χ0v) is 10.8. The minimum absolute atomic E-state index is 0.314. The molecule has 0 fully saturated rings. The molecule has 0 atom stereocenters. The third-order valence-corrected chi connectivity index (χ3v) is 2.64. The van der Waals surface area contributed by atoms with Crippen molar-refractivity contribution in [3.8, 4) is 0 Å². The standard InChI is InChI=1S/C15H19O3/c1-2-3-4-5-9-12-14(16)18-15(17)13-10-7-6-8-11-13/h7-8,10-11H,2-5,9,12H2,1H3. The van der Waals surface area contributed by atoms with E-state index in [1.54, 1.807) is 24.3 Å². The lowest BCUT2D eigenvalue weighted by atomic mass is 10.1. The Labute approximate surface area is 108 Å². The summed E-state index contributed by atoms with van der Waals surface area (Å²) in [5, 5.41) is 0. The lowest BCUT2D eigenvalue weighted by Crippen LogP contribution is -2.12. The number of hydrogen-bond donors (Lipinski definition) is 0. The number of unbranched alkanes of at least 4 members (excludes halogenated alkanes) is 4. The molecule has 0 unspecified atom stereocenters. The fraction of sp³-hybridized carbons (Fsp3) is 0.467. The van der Waals surface area contributed by atoms with Gasteiger partial charge >= 0.3 is 11.9 Å². The zero-order chi connectivity index (χ0) is 13.2. The largest absolute Gasteiger partial charge is 0.389 e. The number of ether oxygens (including phenoxy) is 1. The summed E-state index contributed by atoms with van der Waals surface area (Å²) in [5.74, 6) is -1.02. The summed E-state index contributed by atoms with van der Waals surface area (Å²) in [6, 6.07) is 9.20. The highest BCUT2D eigenvalue weighted by Gasteiger charge is 2.11. The second kappa shape index (κ2) is 8.45. The minimum Gasteiger partial charge on any atom is -0.389 e. The molecule has 3 heteroatoms. The lowest BCUT2D eigenvalue weighted by molar-refractivity contribution is -0.138. The molecule has 0 saturated carbocycles. The molecular weight excluding hydrogens is 228 g/mol. The second-order valence-corrected chi connectivity index (χ2v) is 4.21. The first kappa shape index (κ1) is 14.4. The molecule has 1 aromatic rings. The van der Waals surface area contributed by atoms with E-state index in [1.807, 2.05) is 0 Å². The van der Waals surface area contributed by atoms with Crippen molar-refractivity contribution < 1.29 is 14.3 Å². The van der Waals surface area contributed by atoms with Gasteiger partial charge in [0.1, 0.15) is 0 Å². The molecule has 0 heterocycles. The maximum atomic E-state index is 11.5. The Bertz CT molecular complexity index is 371. The molecule has 0 spiro atoms. The Hall–Kier alpha value is -1.64. The number of carbonyl (C=O) groups excluding carboxylic acids is 2. The molecule has 18 heavy (non-hydrogen) atoms. The van der Waals surface area contributed by atoms with Crippen molar-refractivity contribution in [1.29, 1.82) is 0 Å². The molecule has 97 valence electrons. The van der Waals surface area contributed by atoms with Gasteiger partial charge in [-0.15, -0.1) is 0 Å². The van der Waals surface area contributed by atoms with Crippen molar-refractivity contribution in [3.05, 3.63) is 35.9 Å². The van der Waals surface area contributed by atoms with Gasteiger partial charge in [-0.05, 0) is 24.6 Å². The molecule has 1 aromatic carbocycles. The summed E-state index contributed by atoms with van der Waals surface area (Å²) in [6.07, 6.45) is 5.61. The molecule has 1 rings (SSSR count). The van der Waals surface area contributed by atoms with E-state index in [9.17, 15) is 9.59 Å². The topological polar surface area (TPSA) is 43.4 Å². The SMILES string of the molecule is CCCCCCCC(=O)OC(=O)c1cc[c]cc1. The van der Waals surface area contributed by atoms with E-state index in [4.69, 9.17) is 4.74 Å². The van der Waals surface area contributed by atoms with Gasteiger partial charge in [0.25, 0.3) is 0 Å². The van der Waals surface area contributed by atoms with Gasteiger partial charge < -0.3 is 4.74 Å². The summed E-state index contributed by atoms with van der Waals surface area (Å²) in [4.78, 5) is 22.9. The van der Waals surface area contributed by atoms with E-state index in [-0.39, 0.29) is 0 Å². The van der Waals surface area contributed by atoms with Crippen LogP contribution in [0.2, 0.25) is 0 Å². The maximum Gasteiger partial charge on any atom is 0.345 e. The number of hydrogen-bond acceptors (Lipinski definition) is 3. The summed E-state index contributed by atoms with van der Waals surface area (Å²) < 4.78 is 4.75. The van der Waals surface area contributed by atoms with Crippen LogP contribution in [0.4, 0.5) is 0 Å². The highest BCUT2D eigenvalue weighted by molar-refractivity contribution is 5.96. The highest BCUT2D eigenvalue weighted by atomic mass is 16.6. The average molecular weight is 247 g/mol. The van der Waals surface area contributed by atoms with Crippen LogP contribution in [0.15, 0.2) is 24.3 Å². The van der Waals surface area contributed by atoms with Gasteiger partial charge in [0.2, 0.25) is 0 Å². The van der Waals surface area contributed by atoms with Crippen molar-refractivity contribution in [1.82, 2.24) is 0 Å². The van der Waals surface area contributed by atoms with Crippen molar-refractivity contribution in [3.63, 3.8) is 0 Å². The number of esters is 2.